The minimum Gasteiger partial charge on any atom is -0.488 e. The van der Waals surface area contributed by atoms with Crippen molar-refractivity contribution in [2.45, 2.75) is 64.3 Å². The lowest BCUT2D eigenvalue weighted by molar-refractivity contribution is -0.263. The molecule has 0 atom stereocenters. The van der Waals surface area contributed by atoms with E-state index in [1.165, 1.54) is 18.2 Å². The highest BCUT2D eigenvalue weighted by Crippen LogP contribution is 2.37. The van der Waals surface area contributed by atoms with Crippen molar-refractivity contribution in [1.82, 2.24) is 5.32 Å². The van der Waals surface area contributed by atoms with Gasteiger partial charge >= 0.3 is 12.3 Å². The van der Waals surface area contributed by atoms with E-state index >= 15 is 0 Å². The van der Waals surface area contributed by atoms with Crippen molar-refractivity contribution >= 4 is 12.2 Å². The molecule has 6 nitrogen and oxygen atoms in total. The molecule has 0 saturated carbocycles. The predicted molar refractivity (Wildman–Crippen MR) is 129 cm³/mol. The van der Waals surface area contributed by atoms with Crippen LogP contribution in [0.15, 0.2) is 54.6 Å². The van der Waals surface area contributed by atoms with E-state index in [-0.39, 0.29) is 31.1 Å². The molecule has 1 amide bonds. The maximum Gasteiger partial charge on any atom is 0.419 e. The molecule has 0 radical (unpaired) electrons. The molecule has 196 valence electrons. The number of rotatable bonds is 6. The summed E-state index contributed by atoms with van der Waals surface area (Å²) in [6, 6.07) is 12.8. The molecule has 2 aromatic carbocycles. The molecule has 2 aromatic rings. The molecule has 1 fully saturated rings. The van der Waals surface area contributed by atoms with Crippen LogP contribution in [0.2, 0.25) is 0 Å². The summed E-state index contributed by atoms with van der Waals surface area (Å²) in [5.74, 6) is -1.13. The zero-order valence-electron chi connectivity index (χ0n) is 21.1. The molecular weight excluding hydrogens is 475 g/mol. The van der Waals surface area contributed by atoms with Crippen molar-refractivity contribution in [2.75, 3.05) is 13.2 Å². The molecule has 9 heteroatoms. The summed E-state index contributed by atoms with van der Waals surface area (Å²) < 4.78 is 63.8. The van der Waals surface area contributed by atoms with E-state index in [1.807, 2.05) is 6.07 Å². The molecule has 0 unspecified atom stereocenters. The number of carbonyl (C=O) groups excluding carboxylic acids is 1. The number of nitrogens with one attached hydrogen (secondary N) is 1. The van der Waals surface area contributed by atoms with Crippen LogP contribution >= 0.6 is 0 Å². The summed E-state index contributed by atoms with van der Waals surface area (Å²) in [6.07, 6.45) is -2.27. The second kappa shape index (κ2) is 10.5. The van der Waals surface area contributed by atoms with Crippen LogP contribution in [0, 0.1) is 0 Å². The molecule has 0 spiro atoms. The van der Waals surface area contributed by atoms with Gasteiger partial charge in [0.25, 0.3) is 0 Å². The van der Waals surface area contributed by atoms with Crippen LogP contribution < -0.4 is 10.1 Å². The molecule has 0 aromatic heterocycles. The fourth-order valence-corrected chi connectivity index (χ4v) is 3.40. The minimum absolute atomic E-state index is 0.00644. The lowest BCUT2D eigenvalue weighted by Crippen LogP contribution is -2.60. The molecule has 1 aliphatic rings. The van der Waals surface area contributed by atoms with Crippen LogP contribution in [-0.2, 0) is 27.0 Å². The van der Waals surface area contributed by atoms with Gasteiger partial charge in [0.15, 0.2) is 5.79 Å². The summed E-state index contributed by atoms with van der Waals surface area (Å²) in [4.78, 5) is 12.5. The summed E-state index contributed by atoms with van der Waals surface area (Å²) in [7, 11) is 0. The lowest BCUT2D eigenvalue weighted by Gasteiger charge is -2.42. The van der Waals surface area contributed by atoms with Crippen LogP contribution in [0.1, 0.15) is 51.3 Å². The van der Waals surface area contributed by atoms with Gasteiger partial charge in [0.05, 0.1) is 18.8 Å². The Balaban J connectivity index is 1.84. The van der Waals surface area contributed by atoms with Crippen molar-refractivity contribution in [3.63, 3.8) is 0 Å². The summed E-state index contributed by atoms with van der Waals surface area (Å²) in [5.41, 5.74) is -1.75. The number of hydrogen-bond donors (Lipinski definition) is 1. The first-order valence-corrected chi connectivity index (χ1v) is 11.5. The lowest BCUT2D eigenvalue weighted by atomic mass is 9.97. The topological polar surface area (TPSA) is 66.0 Å². The molecule has 36 heavy (non-hydrogen) atoms. The maximum atomic E-state index is 13.8. The van der Waals surface area contributed by atoms with Crippen LogP contribution in [-0.4, -0.2) is 36.2 Å². The van der Waals surface area contributed by atoms with Crippen LogP contribution in [0.3, 0.4) is 0 Å². The monoisotopic (exact) mass is 507 g/mol. The Morgan fingerprint density at radius 3 is 2.28 bits per heavy atom. The number of alkyl halides is 3. The molecule has 1 heterocycles. The average Bonchev–Trinajstić information content (AvgIpc) is 2.77. The van der Waals surface area contributed by atoms with Crippen molar-refractivity contribution in [2.24, 2.45) is 0 Å². The smallest absolute Gasteiger partial charge is 0.419 e. The SMILES string of the molecule is CC(C)(C)OC(=O)NC1(/C=C/c2ccc(OCc3ccccc3)c(C(F)(F)F)c2)COC(C)(C)OC1. The van der Waals surface area contributed by atoms with Gasteiger partial charge in [-0.2, -0.15) is 13.2 Å². The number of hydrogen-bond acceptors (Lipinski definition) is 5. The third kappa shape index (κ3) is 7.99. The van der Waals surface area contributed by atoms with E-state index in [4.69, 9.17) is 18.9 Å². The molecule has 1 saturated heterocycles. The van der Waals surface area contributed by atoms with Gasteiger partial charge in [0, 0.05) is 0 Å². The first-order valence-electron chi connectivity index (χ1n) is 11.5. The Bertz CT molecular complexity index is 1070. The summed E-state index contributed by atoms with van der Waals surface area (Å²) in [6.45, 7) is 8.74. The second-order valence-corrected chi connectivity index (χ2v) is 10.1. The third-order valence-corrected chi connectivity index (χ3v) is 5.25. The Morgan fingerprint density at radius 2 is 1.69 bits per heavy atom. The fraction of sp³-hybridized carbons (Fsp3) is 0.444. The first kappa shape index (κ1) is 27.5. The van der Waals surface area contributed by atoms with Gasteiger partial charge in [-0.15, -0.1) is 0 Å². The van der Waals surface area contributed by atoms with Gasteiger partial charge in [-0.25, -0.2) is 4.79 Å². The first-order chi connectivity index (χ1) is 16.7. The van der Waals surface area contributed by atoms with Gasteiger partial charge in [-0.1, -0.05) is 48.6 Å². The quantitative estimate of drug-likeness (QED) is 0.494. The Hall–Kier alpha value is -3.04. The highest BCUT2D eigenvalue weighted by molar-refractivity contribution is 5.70. The van der Waals surface area contributed by atoms with Crippen LogP contribution in [0.25, 0.3) is 6.08 Å². The molecule has 1 aliphatic heterocycles. The normalized spacial score (nSPS) is 17.6. The highest BCUT2D eigenvalue weighted by atomic mass is 19.4. The zero-order valence-corrected chi connectivity index (χ0v) is 21.1. The Kier molecular flexibility index (Phi) is 8.05. The summed E-state index contributed by atoms with van der Waals surface area (Å²) >= 11 is 0. The fourth-order valence-electron chi connectivity index (χ4n) is 3.40. The zero-order chi connectivity index (χ0) is 26.6. The molecule has 3 rings (SSSR count). The van der Waals surface area contributed by atoms with E-state index in [0.717, 1.165) is 11.6 Å². The number of halogens is 3. The van der Waals surface area contributed by atoms with Crippen molar-refractivity contribution in [1.29, 1.82) is 0 Å². The van der Waals surface area contributed by atoms with Crippen molar-refractivity contribution < 1.29 is 36.9 Å². The van der Waals surface area contributed by atoms with Gasteiger partial charge in [-0.3, -0.25) is 0 Å². The van der Waals surface area contributed by atoms with Gasteiger partial charge in [-0.05, 0) is 57.9 Å². The van der Waals surface area contributed by atoms with Crippen molar-refractivity contribution in [3.8, 4) is 5.75 Å². The van der Waals surface area contributed by atoms with Crippen LogP contribution in [0.4, 0.5) is 18.0 Å². The van der Waals surface area contributed by atoms with Gasteiger partial charge in [0.2, 0.25) is 0 Å². The van der Waals surface area contributed by atoms with E-state index in [9.17, 15) is 18.0 Å². The number of benzene rings is 2. The third-order valence-electron chi connectivity index (χ3n) is 5.25. The van der Waals surface area contributed by atoms with Gasteiger partial charge in [0.1, 0.15) is 23.5 Å². The summed E-state index contributed by atoms with van der Waals surface area (Å²) in [5, 5.41) is 2.75. The predicted octanol–water partition coefficient (Wildman–Crippen LogP) is 6.34. The van der Waals surface area contributed by atoms with E-state index in [2.05, 4.69) is 5.32 Å². The van der Waals surface area contributed by atoms with E-state index < -0.39 is 34.8 Å². The Labute approximate surface area is 209 Å². The number of carbonyl (C=O) groups is 1. The number of alkyl carbamates (subject to hydrolysis) is 1. The molecular formula is C27H32F3NO5. The minimum atomic E-state index is -4.62. The molecule has 0 aliphatic carbocycles. The van der Waals surface area contributed by atoms with E-state index in [0.29, 0.717) is 0 Å². The van der Waals surface area contributed by atoms with Crippen molar-refractivity contribution in [3.05, 3.63) is 71.3 Å². The highest BCUT2D eigenvalue weighted by Gasteiger charge is 2.41. The largest absolute Gasteiger partial charge is 0.488 e. The number of ether oxygens (including phenoxy) is 4. The number of amides is 1. The molecule has 1 N–H and O–H groups in total. The standard InChI is InChI=1S/C27H32F3NO5/c1-24(2,3)36-23(32)31-26(17-34-25(4,5)35-18-26)14-13-19-11-12-22(21(15-19)27(28,29)30)33-16-20-9-7-6-8-10-20/h6-15H,16-18H2,1-5H3,(H,31,32)/b14-13+. The van der Waals surface area contributed by atoms with Crippen LogP contribution in [0.5, 0.6) is 5.75 Å². The average molecular weight is 508 g/mol. The molecule has 0 bridgehead atoms. The van der Waals surface area contributed by atoms with Gasteiger partial charge < -0.3 is 24.3 Å². The maximum absolute atomic E-state index is 13.8. The Morgan fingerprint density at radius 1 is 1.06 bits per heavy atom. The second-order valence-electron chi connectivity index (χ2n) is 10.1. The van der Waals surface area contributed by atoms with E-state index in [1.54, 1.807) is 65.0 Å².